The predicted octanol–water partition coefficient (Wildman–Crippen LogP) is 4.33. The summed E-state index contributed by atoms with van der Waals surface area (Å²) in [5.41, 5.74) is 1.05. The minimum atomic E-state index is -2.88. The van der Waals surface area contributed by atoms with E-state index in [2.05, 4.69) is 0 Å². The molecule has 0 aromatic heterocycles. The number of benzene rings is 1. The highest BCUT2D eigenvalue weighted by Crippen LogP contribution is 2.34. The van der Waals surface area contributed by atoms with Crippen molar-refractivity contribution in [3.05, 3.63) is 34.9 Å². The highest BCUT2D eigenvalue weighted by atomic mass is 19.3. The molecule has 1 aromatic carbocycles. The van der Waals surface area contributed by atoms with Gasteiger partial charge in [0.1, 0.15) is 5.75 Å². The van der Waals surface area contributed by atoms with Gasteiger partial charge in [0, 0.05) is 5.56 Å². The summed E-state index contributed by atoms with van der Waals surface area (Å²) in [5.74, 6) is -0.839. The zero-order valence-corrected chi connectivity index (χ0v) is 12.6. The molecule has 116 valence electrons. The normalized spacial score (nSPS) is 16.6. The zero-order valence-electron chi connectivity index (χ0n) is 12.6. The maximum absolute atomic E-state index is 12.9. The second-order valence-corrected chi connectivity index (χ2v) is 4.73. The van der Waals surface area contributed by atoms with Crippen molar-refractivity contribution in [2.75, 3.05) is 0 Å². The predicted molar refractivity (Wildman–Crippen MR) is 77.9 cm³/mol. The molecule has 0 aliphatic carbocycles. The third-order valence-electron chi connectivity index (χ3n) is 3.05. The van der Waals surface area contributed by atoms with Crippen LogP contribution in [0.4, 0.5) is 8.78 Å². The third kappa shape index (κ3) is 3.80. The fourth-order valence-electron chi connectivity index (χ4n) is 1.95. The summed E-state index contributed by atoms with van der Waals surface area (Å²) in [7, 11) is 0. The molecule has 2 rings (SSSR count). The largest absolute Gasteiger partial charge is 0.479 e. The number of aliphatic carboxylic acids is 1. The molecule has 1 heterocycles. The van der Waals surface area contributed by atoms with E-state index in [9.17, 15) is 13.6 Å². The molecule has 3 nitrogen and oxygen atoms in total. The second-order valence-electron chi connectivity index (χ2n) is 4.73. The van der Waals surface area contributed by atoms with Gasteiger partial charge in [0.25, 0.3) is 6.43 Å². The number of hydrogen-bond donors (Lipinski definition) is 1. The highest BCUT2D eigenvalue weighted by Gasteiger charge is 2.34. The number of ether oxygens (including phenoxy) is 1. The lowest BCUT2D eigenvalue weighted by molar-refractivity contribution is -0.134. The number of fused-ring (bicyclic) bond motifs is 1. The molecule has 0 radical (unpaired) electrons. The lowest BCUT2D eigenvalue weighted by Gasteiger charge is -2.25. The van der Waals surface area contributed by atoms with E-state index in [-0.39, 0.29) is 5.92 Å². The summed E-state index contributed by atoms with van der Waals surface area (Å²) >= 11 is 0. The molecule has 0 fully saturated rings. The number of carboxylic acids is 1. The smallest absolute Gasteiger partial charge is 0.335 e. The number of carboxylic acid groups (broad SMARTS) is 1. The van der Waals surface area contributed by atoms with E-state index in [1.54, 1.807) is 12.1 Å². The molecule has 21 heavy (non-hydrogen) atoms. The van der Waals surface area contributed by atoms with Crippen LogP contribution in [0, 0.1) is 0 Å². The Bertz CT molecular complexity index is 536. The molecule has 0 bridgehead atoms. The Morgan fingerprint density at radius 2 is 1.90 bits per heavy atom. The van der Waals surface area contributed by atoms with Crippen molar-refractivity contribution >= 4 is 12.0 Å². The lowest BCUT2D eigenvalue weighted by Crippen LogP contribution is -2.33. The first kappa shape index (κ1) is 17.1. The first-order chi connectivity index (χ1) is 9.90. The van der Waals surface area contributed by atoms with Crippen LogP contribution in [0.25, 0.3) is 6.08 Å². The van der Waals surface area contributed by atoms with Crippen LogP contribution in [-0.2, 0) is 4.79 Å². The Labute approximate surface area is 123 Å². The van der Waals surface area contributed by atoms with Crippen molar-refractivity contribution in [1.82, 2.24) is 0 Å². The van der Waals surface area contributed by atoms with Crippen molar-refractivity contribution in [2.24, 2.45) is 0 Å². The molecule has 1 atom stereocenters. The first-order valence-electron chi connectivity index (χ1n) is 6.93. The molecule has 1 aromatic rings. The summed E-state index contributed by atoms with van der Waals surface area (Å²) in [5, 5.41) is 8.94. The van der Waals surface area contributed by atoms with Crippen molar-refractivity contribution in [2.45, 2.75) is 46.1 Å². The second kappa shape index (κ2) is 7.20. The van der Waals surface area contributed by atoms with Gasteiger partial charge < -0.3 is 9.84 Å². The van der Waals surface area contributed by atoms with Crippen LogP contribution in [0.5, 0.6) is 5.75 Å². The standard InChI is InChI=1S/C14H14F2O3.C2H6/c1-7(2)8-3-4-9-5-10(14(17)18)12(13(15)16)19-11(9)6-8;1-2/h3-7,12-13H,1-2H3,(H,17,18);1-2H3. The van der Waals surface area contributed by atoms with E-state index in [0.717, 1.165) is 5.56 Å². The molecule has 1 aliphatic heterocycles. The molecule has 0 amide bonds. The zero-order chi connectivity index (χ0) is 16.2. The molecular weight excluding hydrogens is 278 g/mol. The van der Waals surface area contributed by atoms with Crippen LogP contribution < -0.4 is 4.74 Å². The molecular formula is C16H20F2O3. The van der Waals surface area contributed by atoms with Crippen molar-refractivity contribution < 1.29 is 23.4 Å². The number of rotatable bonds is 3. The third-order valence-corrected chi connectivity index (χ3v) is 3.05. The summed E-state index contributed by atoms with van der Waals surface area (Å²) < 4.78 is 30.9. The summed E-state index contributed by atoms with van der Waals surface area (Å²) in [6.07, 6.45) is -3.34. The number of carbonyl (C=O) groups is 1. The maximum Gasteiger partial charge on any atom is 0.335 e. The van der Waals surface area contributed by atoms with E-state index in [0.29, 0.717) is 11.3 Å². The van der Waals surface area contributed by atoms with Gasteiger partial charge in [-0.25, -0.2) is 13.6 Å². The van der Waals surface area contributed by atoms with E-state index in [1.807, 2.05) is 33.8 Å². The quantitative estimate of drug-likeness (QED) is 0.903. The van der Waals surface area contributed by atoms with E-state index >= 15 is 0 Å². The van der Waals surface area contributed by atoms with Gasteiger partial charge in [-0.15, -0.1) is 0 Å². The summed E-state index contributed by atoms with van der Waals surface area (Å²) in [6, 6.07) is 5.21. The van der Waals surface area contributed by atoms with Crippen LogP contribution in [0.3, 0.4) is 0 Å². The van der Waals surface area contributed by atoms with Crippen LogP contribution in [-0.4, -0.2) is 23.6 Å². The van der Waals surface area contributed by atoms with Gasteiger partial charge in [0.05, 0.1) is 5.57 Å². The van der Waals surface area contributed by atoms with Gasteiger partial charge in [-0.3, -0.25) is 0 Å². The van der Waals surface area contributed by atoms with Gasteiger partial charge in [-0.05, 0) is 23.6 Å². The first-order valence-corrected chi connectivity index (χ1v) is 6.93. The van der Waals surface area contributed by atoms with Gasteiger partial charge in [-0.1, -0.05) is 39.8 Å². The van der Waals surface area contributed by atoms with E-state index < -0.39 is 24.1 Å². The number of hydrogen-bond acceptors (Lipinski definition) is 2. The number of halogens is 2. The Kier molecular flexibility index (Phi) is 5.88. The van der Waals surface area contributed by atoms with E-state index in [4.69, 9.17) is 9.84 Å². The number of alkyl halides is 2. The van der Waals surface area contributed by atoms with Gasteiger partial charge >= 0.3 is 5.97 Å². The van der Waals surface area contributed by atoms with Crippen molar-refractivity contribution in [3.63, 3.8) is 0 Å². The minimum absolute atomic E-state index is 0.240. The Balaban J connectivity index is 0.00000106. The topological polar surface area (TPSA) is 46.5 Å². The molecule has 0 spiro atoms. The molecule has 0 saturated carbocycles. The van der Waals surface area contributed by atoms with Crippen molar-refractivity contribution in [3.8, 4) is 5.75 Å². The monoisotopic (exact) mass is 298 g/mol. The van der Waals surface area contributed by atoms with Gasteiger partial charge in [0.2, 0.25) is 0 Å². The Morgan fingerprint density at radius 1 is 1.29 bits per heavy atom. The fraction of sp³-hybridized carbons (Fsp3) is 0.438. The Morgan fingerprint density at radius 3 is 2.38 bits per heavy atom. The van der Waals surface area contributed by atoms with Gasteiger partial charge in [0.15, 0.2) is 6.10 Å². The molecule has 1 aliphatic rings. The highest BCUT2D eigenvalue weighted by molar-refractivity contribution is 5.94. The molecule has 1 N–H and O–H groups in total. The molecule has 1 unspecified atom stereocenters. The average molecular weight is 298 g/mol. The van der Waals surface area contributed by atoms with Crippen LogP contribution in [0.1, 0.15) is 44.7 Å². The van der Waals surface area contributed by atoms with Crippen LogP contribution >= 0.6 is 0 Å². The van der Waals surface area contributed by atoms with Gasteiger partial charge in [-0.2, -0.15) is 0 Å². The summed E-state index contributed by atoms with van der Waals surface area (Å²) in [6.45, 7) is 7.96. The molecule has 0 saturated heterocycles. The lowest BCUT2D eigenvalue weighted by atomic mass is 9.97. The van der Waals surface area contributed by atoms with Crippen molar-refractivity contribution in [1.29, 1.82) is 0 Å². The Hall–Kier alpha value is -1.91. The SMILES string of the molecule is CC.CC(C)c1ccc2c(c1)OC(C(F)F)C(C(=O)O)=C2. The minimum Gasteiger partial charge on any atom is -0.479 e. The van der Waals surface area contributed by atoms with E-state index in [1.165, 1.54) is 6.08 Å². The fourth-order valence-corrected chi connectivity index (χ4v) is 1.95. The van der Waals surface area contributed by atoms with Crippen LogP contribution in [0.2, 0.25) is 0 Å². The van der Waals surface area contributed by atoms with Crippen LogP contribution in [0.15, 0.2) is 23.8 Å². The maximum atomic E-state index is 12.9. The average Bonchev–Trinajstić information content (AvgIpc) is 2.47. The summed E-state index contributed by atoms with van der Waals surface area (Å²) in [4.78, 5) is 11.0. The molecule has 5 heteroatoms.